The van der Waals surface area contributed by atoms with Gasteiger partial charge in [0.15, 0.2) is 0 Å². The number of pyridine rings is 1. The second kappa shape index (κ2) is 14.3. The zero-order chi connectivity index (χ0) is 29.2. The zero-order valence-corrected chi connectivity index (χ0v) is 23.3. The number of nitriles is 1. The van der Waals surface area contributed by atoms with Gasteiger partial charge in [-0.1, -0.05) is 30.3 Å². The third-order valence-electron chi connectivity index (χ3n) is 7.16. The fourth-order valence-corrected chi connectivity index (χ4v) is 4.97. The number of hydrogen-bond donors (Lipinski definition) is 3. The molecule has 1 saturated heterocycles. The van der Waals surface area contributed by atoms with Gasteiger partial charge in [0.1, 0.15) is 11.6 Å². The molecule has 10 heteroatoms. The number of nitrogens with one attached hydrogen (secondary N) is 2. The summed E-state index contributed by atoms with van der Waals surface area (Å²) in [6.45, 7) is 3.18. The van der Waals surface area contributed by atoms with Crippen molar-refractivity contribution in [3.8, 4) is 17.3 Å². The fraction of sp³-hybridized carbons (Fsp3) is 0.355. The number of carbonyl (C=O) groups excluding carboxylic acids is 2. The highest BCUT2D eigenvalue weighted by atomic mass is 19.1. The first kappa shape index (κ1) is 29.6. The van der Waals surface area contributed by atoms with Crippen molar-refractivity contribution < 1.29 is 14.0 Å². The van der Waals surface area contributed by atoms with Crippen molar-refractivity contribution >= 4 is 17.6 Å². The Kier molecular flexibility index (Phi) is 10.4. The molecule has 214 valence electrons. The van der Waals surface area contributed by atoms with Gasteiger partial charge in [0, 0.05) is 44.7 Å². The molecule has 41 heavy (non-hydrogen) atoms. The molecule has 0 radical (unpaired) electrons. The lowest BCUT2D eigenvalue weighted by molar-refractivity contribution is -0.135. The van der Waals surface area contributed by atoms with E-state index in [-0.39, 0.29) is 23.7 Å². The molecule has 2 amide bonds. The molecule has 0 aliphatic carbocycles. The Morgan fingerprint density at radius 2 is 1.98 bits per heavy atom. The topological polar surface area (TPSA) is 127 Å². The maximum absolute atomic E-state index is 13.7. The van der Waals surface area contributed by atoms with E-state index >= 15 is 0 Å². The number of piperazine rings is 1. The van der Waals surface area contributed by atoms with Crippen molar-refractivity contribution in [3.05, 3.63) is 83.2 Å². The zero-order valence-electron chi connectivity index (χ0n) is 23.3. The minimum Gasteiger partial charge on any atom is -0.369 e. The predicted molar refractivity (Wildman–Crippen MR) is 157 cm³/mol. The number of rotatable bonds is 11. The molecule has 0 saturated carbocycles. The minimum absolute atomic E-state index is 0.0460. The molecule has 1 fully saturated rings. The quantitative estimate of drug-likeness (QED) is 0.331. The number of benzene rings is 2. The van der Waals surface area contributed by atoms with Crippen molar-refractivity contribution in [1.29, 1.82) is 5.26 Å². The van der Waals surface area contributed by atoms with Gasteiger partial charge in [-0.3, -0.25) is 9.59 Å². The average Bonchev–Trinajstić information content (AvgIpc) is 2.98. The van der Waals surface area contributed by atoms with Crippen LogP contribution in [0.1, 0.15) is 34.3 Å². The van der Waals surface area contributed by atoms with Crippen molar-refractivity contribution in [2.45, 2.75) is 25.3 Å². The average molecular weight is 558 g/mol. The van der Waals surface area contributed by atoms with Crippen LogP contribution in [0.3, 0.4) is 0 Å². The lowest BCUT2D eigenvalue weighted by Crippen LogP contribution is -2.57. The maximum atomic E-state index is 13.7. The monoisotopic (exact) mass is 557 g/mol. The Morgan fingerprint density at radius 3 is 2.76 bits per heavy atom. The number of likely N-dealkylation sites (N-methyl/N-ethyl adjacent to an activating group) is 1. The molecule has 1 atom stereocenters. The summed E-state index contributed by atoms with van der Waals surface area (Å²) in [5.41, 5.74) is 8.44. The Morgan fingerprint density at radius 1 is 1.15 bits per heavy atom. The fourth-order valence-electron chi connectivity index (χ4n) is 4.97. The summed E-state index contributed by atoms with van der Waals surface area (Å²) in [5.74, 6) is -0.223. The molecule has 1 aliphatic heterocycles. The highest BCUT2D eigenvalue weighted by molar-refractivity contribution is 5.99. The number of nitrogens with two attached hydrogens (primary N) is 1. The Balaban J connectivity index is 1.53. The molecule has 1 aliphatic rings. The van der Waals surface area contributed by atoms with Crippen LogP contribution in [-0.4, -0.2) is 79.0 Å². The van der Waals surface area contributed by atoms with Crippen molar-refractivity contribution in [2.75, 3.05) is 51.6 Å². The first-order valence-electron chi connectivity index (χ1n) is 13.8. The van der Waals surface area contributed by atoms with Gasteiger partial charge in [-0.05, 0) is 62.3 Å². The summed E-state index contributed by atoms with van der Waals surface area (Å²) in [4.78, 5) is 35.0. The van der Waals surface area contributed by atoms with E-state index in [9.17, 15) is 19.2 Å². The molecule has 0 spiro atoms. The van der Waals surface area contributed by atoms with E-state index in [0.717, 1.165) is 12.1 Å². The molecule has 4 rings (SSSR count). The van der Waals surface area contributed by atoms with Crippen LogP contribution in [0.25, 0.3) is 11.3 Å². The Bertz CT molecular complexity index is 1410. The number of halogens is 1. The number of carbonyl (C=O) groups is 2. The molecule has 9 nitrogen and oxygen atoms in total. The van der Waals surface area contributed by atoms with E-state index in [2.05, 4.69) is 21.6 Å². The van der Waals surface area contributed by atoms with Gasteiger partial charge >= 0.3 is 0 Å². The summed E-state index contributed by atoms with van der Waals surface area (Å²) in [6.07, 6.45) is 1.54. The Hall–Kier alpha value is -4.33. The van der Waals surface area contributed by atoms with Crippen LogP contribution in [0.2, 0.25) is 0 Å². The van der Waals surface area contributed by atoms with Crippen molar-refractivity contribution in [3.63, 3.8) is 0 Å². The lowest BCUT2D eigenvalue weighted by atomic mass is 10.0. The van der Waals surface area contributed by atoms with E-state index in [1.54, 1.807) is 30.3 Å². The molecule has 1 aromatic heterocycles. The lowest BCUT2D eigenvalue weighted by Gasteiger charge is -2.40. The molecule has 2 heterocycles. The second-order valence-corrected chi connectivity index (χ2v) is 10.2. The van der Waals surface area contributed by atoms with E-state index in [0.29, 0.717) is 80.2 Å². The minimum atomic E-state index is -0.326. The van der Waals surface area contributed by atoms with E-state index < -0.39 is 0 Å². The van der Waals surface area contributed by atoms with Crippen LogP contribution < -0.4 is 16.4 Å². The van der Waals surface area contributed by atoms with Crippen LogP contribution in [-0.2, 0) is 11.2 Å². The van der Waals surface area contributed by atoms with Crippen molar-refractivity contribution in [1.82, 2.24) is 20.1 Å². The first-order valence-corrected chi connectivity index (χ1v) is 13.8. The summed E-state index contributed by atoms with van der Waals surface area (Å²) in [5, 5.41) is 15.8. The highest BCUT2D eigenvalue weighted by Crippen LogP contribution is 2.25. The van der Waals surface area contributed by atoms with Crippen LogP contribution in [0.4, 0.5) is 10.2 Å². The van der Waals surface area contributed by atoms with Crippen LogP contribution in [0.5, 0.6) is 0 Å². The SMILES string of the molecule is CN1CCN(C(=O)CCCN)[C@@H](CNC(=O)c2ccc(-c3ccccc3C#N)nc2NCCc2cccc(F)c2)C1. The van der Waals surface area contributed by atoms with Gasteiger partial charge < -0.3 is 26.2 Å². The molecular weight excluding hydrogens is 521 g/mol. The summed E-state index contributed by atoms with van der Waals surface area (Å²) in [6, 6.07) is 19.0. The van der Waals surface area contributed by atoms with Gasteiger partial charge in [-0.25, -0.2) is 9.37 Å². The summed E-state index contributed by atoms with van der Waals surface area (Å²) < 4.78 is 13.7. The standard InChI is InChI=1S/C31H36FN7O2/c1-38-16-17-39(29(40)10-5-14-33)25(21-38)20-36-31(41)27-11-12-28(26-9-3-2-7-23(26)19-34)37-30(27)35-15-13-22-6-4-8-24(32)18-22/h2-4,6-9,11-12,18,25H,5,10,13-17,20-21,33H2,1H3,(H,35,37)(H,36,41)/t25-/m0/s1. The van der Waals surface area contributed by atoms with E-state index in [1.165, 1.54) is 12.1 Å². The first-order chi connectivity index (χ1) is 19.9. The smallest absolute Gasteiger partial charge is 0.255 e. The highest BCUT2D eigenvalue weighted by Gasteiger charge is 2.29. The van der Waals surface area contributed by atoms with Gasteiger partial charge in [-0.2, -0.15) is 5.26 Å². The largest absolute Gasteiger partial charge is 0.369 e. The molecule has 3 aromatic rings. The molecule has 2 aromatic carbocycles. The summed E-state index contributed by atoms with van der Waals surface area (Å²) >= 11 is 0. The predicted octanol–water partition coefficient (Wildman–Crippen LogP) is 3.03. The molecular formula is C31H36FN7O2. The third-order valence-corrected chi connectivity index (χ3v) is 7.16. The van der Waals surface area contributed by atoms with E-state index in [1.807, 2.05) is 30.1 Å². The van der Waals surface area contributed by atoms with Crippen molar-refractivity contribution in [2.24, 2.45) is 5.73 Å². The van der Waals surface area contributed by atoms with Gasteiger partial charge in [-0.15, -0.1) is 0 Å². The number of amides is 2. The van der Waals surface area contributed by atoms with Crippen LogP contribution in [0, 0.1) is 17.1 Å². The van der Waals surface area contributed by atoms with Gasteiger partial charge in [0.25, 0.3) is 5.91 Å². The second-order valence-electron chi connectivity index (χ2n) is 10.2. The number of anilines is 1. The maximum Gasteiger partial charge on any atom is 0.255 e. The summed E-state index contributed by atoms with van der Waals surface area (Å²) in [7, 11) is 2.00. The molecule has 0 bridgehead atoms. The van der Waals surface area contributed by atoms with Gasteiger partial charge in [0.2, 0.25) is 5.91 Å². The number of aromatic nitrogens is 1. The van der Waals surface area contributed by atoms with Crippen LogP contribution >= 0.6 is 0 Å². The molecule has 4 N–H and O–H groups in total. The normalized spacial score (nSPS) is 15.3. The Labute approximate surface area is 240 Å². The third kappa shape index (κ3) is 7.87. The van der Waals surface area contributed by atoms with Crippen LogP contribution in [0.15, 0.2) is 60.7 Å². The molecule has 0 unspecified atom stereocenters. The number of hydrogen-bond acceptors (Lipinski definition) is 7. The number of nitrogens with zero attached hydrogens (tertiary/aromatic N) is 4. The van der Waals surface area contributed by atoms with Gasteiger partial charge in [0.05, 0.1) is 28.9 Å². The van der Waals surface area contributed by atoms with E-state index in [4.69, 9.17) is 10.7 Å².